The Morgan fingerprint density at radius 3 is 0.347 bits per heavy atom. The molecule has 0 fully saturated rings. The van der Waals surface area contributed by atoms with Crippen LogP contribution in [0.3, 0.4) is 0 Å². The van der Waals surface area contributed by atoms with Crippen molar-refractivity contribution in [1.82, 2.24) is 0 Å². The first-order valence-corrected chi connectivity index (χ1v) is 25.1. The van der Waals surface area contributed by atoms with E-state index in [0.29, 0.717) is 0 Å². The molecule has 101 heavy (non-hydrogen) atoms. The fourth-order valence-electron chi connectivity index (χ4n) is 10.2. The lowest BCUT2D eigenvalue weighted by Crippen LogP contribution is -2.15. The average molecular weight is 1500 g/mol. The van der Waals surface area contributed by atoms with Crippen LogP contribution in [0.15, 0.2) is 6.07 Å². The molecule has 0 saturated carbocycles. The van der Waals surface area contributed by atoms with Gasteiger partial charge in [-0.25, -0.2) is 180 Å². The Labute approximate surface area is 524 Å². The predicted octanol–water partition coefficient (Wildman–Crippen LogP) is 22.4. The van der Waals surface area contributed by atoms with Crippen LogP contribution in [-0.4, -0.2) is 0 Å². The van der Waals surface area contributed by atoms with Crippen molar-refractivity contribution >= 4 is 0 Å². The molecule has 0 bridgehead atoms. The van der Waals surface area contributed by atoms with Crippen molar-refractivity contribution in [2.75, 3.05) is 0 Å². The highest BCUT2D eigenvalue weighted by Crippen LogP contribution is 2.53. The van der Waals surface area contributed by atoms with Crippen LogP contribution < -0.4 is 0 Å². The Morgan fingerprint density at radius 1 is 0.0891 bits per heavy atom. The monoisotopic (exact) mass is 1500 g/mol. The van der Waals surface area contributed by atoms with Gasteiger partial charge >= 0.3 is 0 Å². The van der Waals surface area contributed by atoms with Gasteiger partial charge in [0.25, 0.3) is 0 Å². The van der Waals surface area contributed by atoms with Crippen molar-refractivity contribution in [3.05, 3.63) is 245 Å². The van der Waals surface area contributed by atoms with Crippen LogP contribution in [-0.2, 0) is 0 Å². The largest absolute Gasteiger partial charge is 0.206 e. The third-order valence-corrected chi connectivity index (χ3v) is 14.7. The molecule has 10 rings (SSSR count). The molecule has 0 unspecified atom stereocenters. The van der Waals surface area contributed by atoms with E-state index in [-0.39, 0.29) is 0 Å². The summed E-state index contributed by atoms with van der Waals surface area (Å²) in [5, 5.41) is 0. The molecule has 0 saturated heterocycles. The van der Waals surface area contributed by atoms with Crippen LogP contribution >= 0.6 is 0 Å². The van der Waals surface area contributed by atoms with Crippen LogP contribution in [0.2, 0.25) is 0 Å². The van der Waals surface area contributed by atoms with Gasteiger partial charge in [0.05, 0.1) is 94.6 Å². The van der Waals surface area contributed by atoms with Gasteiger partial charge in [0.2, 0.25) is 17.5 Å². The minimum atomic E-state index is -4.06. The topological polar surface area (TPSA) is 0 Å². The van der Waals surface area contributed by atoms with Gasteiger partial charge in [-0.05, 0) is 6.07 Å². The minimum absolute atomic E-state index is 0.983. The molecule has 0 heterocycles. The van der Waals surface area contributed by atoms with Crippen LogP contribution in [0.5, 0.6) is 0 Å². The van der Waals surface area contributed by atoms with Gasteiger partial charge in [0, 0.05) is 5.56 Å². The summed E-state index contributed by atoms with van der Waals surface area (Å²) in [7, 11) is 0. The van der Waals surface area contributed by atoms with E-state index in [4.69, 9.17) is 0 Å². The lowest BCUT2D eigenvalue weighted by molar-refractivity contribution is 0.379. The van der Waals surface area contributed by atoms with Gasteiger partial charge in [0.1, 0.15) is 23.3 Å². The van der Waals surface area contributed by atoms with Crippen molar-refractivity contribution in [2.24, 2.45) is 0 Å². The molecule has 0 radical (unpaired) electrons. The SMILES string of the molecule is Fc1cc(-c2c(F)c(F)c(F)c(F)c2F)c(F)c(F)c1-c1c(F)c(F)c(-c2c(F)c(-c3c(F)c(F)c(-c4c(F)c(F)c(-c5c(F)c(F)c(F)c(F)c5F)c(F)c4F)c(F)c3F)c(F)c(-c3c(F)c(F)c(-c4c(F)c(F)c(-c5c(F)c(F)c(F)c(F)c5F)c(F)c4F)c(F)c3F)c2F)c(F)c1F. The molecule has 0 aliphatic heterocycles. The summed E-state index contributed by atoms with van der Waals surface area (Å²) >= 11 is 0. The summed E-state index contributed by atoms with van der Waals surface area (Å²) in [6.45, 7) is 0. The van der Waals surface area contributed by atoms with Crippen molar-refractivity contribution in [3.63, 3.8) is 0 Å². The summed E-state index contributed by atoms with van der Waals surface area (Å²) in [6.07, 6.45) is 0. The van der Waals surface area contributed by atoms with Crippen LogP contribution in [0.1, 0.15) is 0 Å². The van der Waals surface area contributed by atoms with E-state index in [1.807, 2.05) is 0 Å². The van der Waals surface area contributed by atoms with E-state index in [1.54, 1.807) is 0 Å². The van der Waals surface area contributed by atoms with Gasteiger partial charge < -0.3 is 0 Å². The number of hydrogen-bond donors (Lipinski definition) is 0. The van der Waals surface area contributed by atoms with Gasteiger partial charge in [-0.3, -0.25) is 0 Å². The molecular weight excluding hydrogens is 1500 g/mol. The Bertz CT molecular complexity index is 5010. The number of rotatable bonds is 9. The molecule has 528 valence electrons. The second-order valence-electron chi connectivity index (χ2n) is 19.8. The van der Waals surface area contributed by atoms with Crippen molar-refractivity contribution in [3.8, 4) is 100 Å². The van der Waals surface area contributed by atoms with Crippen molar-refractivity contribution in [1.29, 1.82) is 0 Å². The molecular formula is C60HF41. The lowest BCUT2D eigenvalue weighted by atomic mass is 9.86. The van der Waals surface area contributed by atoms with E-state index in [2.05, 4.69) is 0 Å². The highest BCUT2D eigenvalue weighted by Gasteiger charge is 2.46. The Hall–Kier alpha value is -10.7. The minimum Gasteiger partial charge on any atom is -0.206 e. The first kappa shape index (κ1) is 73.1. The second kappa shape index (κ2) is 24.9. The number of hydrogen-bond acceptors (Lipinski definition) is 0. The standard InChI is InChI=1S/C60HF41/c61-3-1-2(4-25(66)52(93)58(99)53(94)26(4)67)21(62)27(68)5(3)6-28(69)30(71)10(31(72)29(6)70)7-22(63)8(11-32(73)36(77)13(37(78)33(11)74)15-40(81)44(85)17(45(86)41(15)82)19-48(89)54(95)59(100)55(96)49(19)90)24(65)9(23(7)64)12-34(75)38(79)14(39(80)35(12)76)16-42(83)46(87)18(47(88)43(16)84)20-50(91)56(97)60(101)57(98)51(20)92/h1H. The Balaban J connectivity index is 1.30. The van der Waals surface area contributed by atoms with Crippen molar-refractivity contribution in [2.45, 2.75) is 0 Å². The molecule has 10 aromatic rings. The zero-order valence-corrected chi connectivity index (χ0v) is 45.6. The highest BCUT2D eigenvalue weighted by molar-refractivity contribution is 5.89. The van der Waals surface area contributed by atoms with E-state index in [0.717, 1.165) is 0 Å². The van der Waals surface area contributed by atoms with E-state index < -0.39 is 345 Å². The van der Waals surface area contributed by atoms with Gasteiger partial charge in [-0.15, -0.1) is 0 Å². The third kappa shape index (κ3) is 9.98. The predicted molar refractivity (Wildman–Crippen MR) is 254 cm³/mol. The first-order valence-electron chi connectivity index (χ1n) is 25.1. The molecule has 0 aromatic heterocycles. The summed E-state index contributed by atoms with van der Waals surface area (Å²) in [5.41, 5.74) is -59.6. The van der Waals surface area contributed by atoms with Crippen LogP contribution in [0.25, 0.3) is 100 Å². The Kier molecular flexibility index (Phi) is 18.0. The second-order valence-corrected chi connectivity index (χ2v) is 19.8. The smallest absolute Gasteiger partial charge is 0.200 e. The maximum Gasteiger partial charge on any atom is 0.200 e. The molecule has 0 aliphatic carbocycles. The highest BCUT2D eigenvalue weighted by atomic mass is 19.2. The van der Waals surface area contributed by atoms with Gasteiger partial charge in [-0.2, -0.15) is 0 Å². The van der Waals surface area contributed by atoms with Crippen LogP contribution in [0, 0.1) is 239 Å². The molecule has 0 N–H and O–H groups in total. The normalized spacial score (nSPS) is 11.8. The molecule has 0 nitrogen and oxygen atoms in total. The Morgan fingerprint density at radius 2 is 0.188 bits per heavy atom. The third-order valence-electron chi connectivity index (χ3n) is 14.7. The summed E-state index contributed by atoms with van der Waals surface area (Å²) in [5.74, 6) is -146. The molecule has 10 aromatic carbocycles. The fourth-order valence-corrected chi connectivity index (χ4v) is 10.2. The van der Waals surface area contributed by atoms with E-state index in [9.17, 15) is 65.9 Å². The van der Waals surface area contributed by atoms with Gasteiger partial charge in [0.15, 0.2) is 198 Å². The van der Waals surface area contributed by atoms with E-state index in [1.165, 1.54) is 0 Å². The quantitative estimate of drug-likeness (QED) is 0.0768. The van der Waals surface area contributed by atoms with Gasteiger partial charge in [-0.1, -0.05) is 0 Å². The maximum absolute atomic E-state index is 17.3. The number of halogens is 41. The summed E-state index contributed by atoms with van der Waals surface area (Å²) in [4.78, 5) is 0. The molecule has 0 amide bonds. The lowest BCUT2D eigenvalue weighted by Gasteiger charge is -2.22. The van der Waals surface area contributed by atoms with Crippen LogP contribution in [0.4, 0.5) is 180 Å². The summed E-state index contributed by atoms with van der Waals surface area (Å²) < 4.78 is 635. The summed E-state index contributed by atoms with van der Waals surface area (Å²) in [6, 6.07) is -0.983. The molecule has 41 heteroatoms. The van der Waals surface area contributed by atoms with Crippen molar-refractivity contribution < 1.29 is 180 Å². The molecule has 0 aliphatic rings. The zero-order valence-electron chi connectivity index (χ0n) is 45.6. The average Bonchev–Trinajstić information content (AvgIpc) is 0.714. The van der Waals surface area contributed by atoms with E-state index >= 15 is 114 Å². The molecule has 0 atom stereocenters. The zero-order chi connectivity index (χ0) is 75.8. The first-order chi connectivity index (χ1) is 46.8. The molecule has 0 spiro atoms. The fraction of sp³-hybridized carbons (Fsp3) is 0. The number of benzene rings is 10. The maximum atomic E-state index is 17.3.